The summed E-state index contributed by atoms with van der Waals surface area (Å²) in [6.07, 6.45) is 1.98. The molecule has 1 aliphatic rings. The minimum Gasteiger partial charge on any atom is -0.353 e. The van der Waals surface area contributed by atoms with Crippen molar-refractivity contribution in [1.29, 1.82) is 0 Å². The topological polar surface area (TPSA) is 39.8 Å². The highest BCUT2D eigenvalue weighted by Gasteiger charge is 2.13. The Morgan fingerprint density at radius 1 is 1.31 bits per heavy atom. The normalized spacial score (nSPS) is 22.9. The van der Waals surface area contributed by atoms with Crippen molar-refractivity contribution in [2.45, 2.75) is 6.04 Å². The van der Waals surface area contributed by atoms with Crippen molar-refractivity contribution in [3.05, 3.63) is 28.5 Å². The maximum absolute atomic E-state index is 4.98. The van der Waals surface area contributed by atoms with E-state index in [4.69, 9.17) is 12.2 Å². The molecule has 0 saturated carbocycles. The maximum Gasteiger partial charge on any atom is 0.103 e. The van der Waals surface area contributed by atoms with E-state index in [1.807, 2.05) is 12.3 Å². The molecular weight excluding hydrogens is 182 g/mol. The van der Waals surface area contributed by atoms with Gasteiger partial charge in [0.25, 0.3) is 0 Å². The first kappa shape index (κ1) is 8.87. The molecule has 1 fully saturated rings. The molecule has 2 heterocycles. The van der Waals surface area contributed by atoms with Crippen molar-refractivity contribution >= 4 is 12.2 Å². The zero-order valence-corrected chi connectivity index (χ0v) is 8.16. The lowest BCUT2D eigenvalue weighted by atomic mass is 10.1. The van der Waals surface area contributed by atoms with E-state index in [-0.39, 0.29) is 0 Å². The Morgan fingerprint density at radius 2 is 2.23 bits per heavy atom. The molecule has 0 radical (unpaired) electrons. The van der Waals surface area contributed by atoms with Gasteiger partial charge in [-0.1, -0.05) is 18.3 Å². The van der Waals surface area contributed by atoms with E-state index >= 15 is 0 Å². The van der Waals surface area contributed by atoms with Gasteiger partial charge in [0.15, 0.2) is 0 Å². The summed E-state index contributed by atoms with van der Waals surface area (Å²) >= 11 is 4.98. The molecule has 70 valence electrons. The zero-order chi connectivity index (χ0) is 9.10. The summed E-state index contributed by atoms with van der Waals surface area (Å²) in [4.78, 5) is 3.04. The summed E-state index contributed by atoms with van der Waals surface area (Å²) in [5.41, 5.74) is 1.26. The molecule has 1 aromatic heterocycles. The van der Waals surface area contributed by atoms with Crippen LogP contribution in [0.15, 0.2) is 18.3 Å². The minimum atomic E-state index is 0.417. The molecule has 1 aliphatic heterocycles. The number of nitrogens with one attached hydrogen (secondary N) is 3. The molecule has 1 atom stereocenters. The standard InChI is InChI=1S/C9H13N3S/c13-9-2-1-7(5-12-9)8-6-10-3-4-11-8/h1-2,5,8,10-11H,3-4,6H2,(H,12,13)/t8-/m0/s1. The van der Waals surface area contributed by atoms with Gasteiger partial charge in [-0.15, -0.1) is 0 Å². The summed E-state index contributed by atoms with van der Waals surface area (Å²) in [6, 6.07) is 4.42. The molecule has 3 N–H and O–H groups in total. The van der Waals surface area contributed by atoms with Crippen molar-refractivity contribution < 1.29 is 0 Å². The predicted molar refractivity (Wildman–Crippen MR) is 55.2 cm³/mol. The van der Waals surface area contributed by atoms with Crippen molar-refractivity contribution in [1.82, 2.24) is 15.6 Å². The number of H-pyrrole nitrogens is 1. The molecule has 1 aromatic rings. The number of rotatable bonds is 1. The van der Waals surface area contributed by atoms with Gasteiger partial charge >= 0.3 is 0 Å². The van der Waals surface area contributed by atoms with E-state index in [1.165, 1.54) is 5.56 Å². The van der Waals surface area contributed by atoms with E-state index in [9.17, 15) is 0 Å². The van der Waals surface area contributed by atoms with Crippen LogP contribution in [-0.2, 0) is 0 Å². The lowest BCUT2D eigenvalue weighted by Crippen LogP contribution is -2.42. The van der Waals surface area contributed by atoms with Crippen LogP contribution in [0.3, 0.4) is 0 Å². The second-order valence-corrected chi connectivity index (χ2v) is 3.64. The van der Waals surface area contributed by atoms with Crippen LogP contribution in [0.2, 0.25) is 0 Å². The fourth-order valence-electron chi connectivity index (χ4n) is 1.53. The molecular formula is C9H13N3S. The first-order valence-electron chi connectivity index (χ1n) is 4.49. The molecule has 3 nitrogen and oxygen atoms in total. The quantitative estimate of drug-likeness (QED) is 0.585. The molecule has 0 aliphatic carbocycles. The van der Waals surface area contributed by atoms with Crippen molar-refractivity contribution in [2.24, 2.45) is 0 Å². The van der Waals surface area contributed by atoms with Gasteiger partial charge in [-0.05, 0) is 11.6 Å². The second-order valence-electron chi connectivity index (χ2n) is 3.20. The number of piperazine rings is 1. The van der Waals surface area contributed by atoms with Crippen molar-refractivity contribution in [3.8, 4) is 0 Å². The summed E-state index contributed by atoms with van der Waals surface area (Å²) in [6.45, 7) is 3.07. The number of hydrogen-bond donors (Lipinski definition) is 3. The molecule has 0 amide bonds. The highest BCUT2D eigenvalue weighted by atomic mass is 32.1. The fraction of sp³-hybridized carbons (Fsp3) is 0.444. The molecule has 0 spiro atoms. The molecule has 2 rings (SSSR count). The van der Waals surface area contributed by atoms with Crippen LogP contribution in [0, 0.1) is 4.64 Å². The Balaban J connectivity index is 2.14. The first-order chi connectivity index (χ1) is 6.36. The third-order valence-electron chi connectivity index (χ3n) is 2.25. The first-order valence-corrected chi connectivity index (χ1v) is 4.90. The highest BCUT2D eigenvalue weighted by molar-refractivity contribution is 7.71. The zero-order valence-electron chi connectivity index (χ0n) is 7.34. The summed E-state index contributed by atoms with van der Waals surface area (Å²) in [5, 5.41) is 6.78. The number of pyridine rings is 1. The van der Waals surface area contributed by atoms with E-state index in [0.29, 0.717) is 6.04 Å². The average molecular weight is 195 g/mol. The van der Waals surface area contributed by atoms with Gasteiger partial charge in [-0.3, -0.25) is 0 Å². The molecule has 0 bridgehead atoms. The Hall–Kier alpha value is -0.710. The Bertz CT molecular complexity index is 307. The van der Waals surface area contributed by atoms with Crippen molar-refractivity contribution in [3.63, 3.8) is 0 Å². The fourth-order valence-corrected chi connectivity index (χ4v) is 1.66. The minimum absolute atomic E-state index is 0.417. The van der Waals surface area contributed by atoms with Gasteiger partial charge in [0.1, 0.15) is 4.64 Å². The van der Waals surface area contributed by atoms with Crippen LogP contribution >= 0.6 is 12.2 Å². The van der Waals surface area contributed by atoms with Crippen molar-refractivity contribution in [2.75, 3.05) is 19.6 Å². The van der Waals surface area contributed by atoms with E-state index < -0.39 is 0 Å². The third-order valence-corrected chi connectivity index (χ3v) is 2.51. The van der Waals surface area contributed by atoms with E-state index in [2.05, 4.69) is 21.7 Å². The highest BCUT2D eigenvalue weighted by Crippen LogP contribution is 2.11. The molecule has 1 saturated heterocycles. The largest absolute Gasteiger partial charge is 0.353 e. The van der Waals surface area contributed by atoms with Gasteiger partial charge in [0.05, 0.1) is 0 Å². The summed E-state index contributed by atoms with van der Waals surface area (Å²) in [5.74, 6) is 0. The molecule has 0 unspecified atom stereocenters. The summed E-state index contributed by atoms with van der Waals surface area (Å²) in [7, 11) is 0. The van der Waals surface area contributed by atoms with Gasteiger partial charge in [-0.2, -0.15) is 0 Å². The van der Waals surface area contributed by atoms with Gasteiger partial charge in [0, 0.05) is 31.9 Å². The Labute approximate surface area is 82.6 Å². The van der Waals surface area contributed by atoms with Gasteiger partial charge in [-0.25, -0.2) is 0 Å². The monoisotopic (exact) mass is 195 g/mol. The Kier molecular flexibility index (Phi) is 2.73. The van der Waals surface area contributed by atoms with E-state index in [0.717, 1.165) is 24.3 Å². The van der Waals surface area contributed by atoms with Gasteiger partial charge < -0.3 is 15.6 Å². The lowest BCUT2D eigenvalue weighted by molar-refractivity contribution is 0.429. The van der Waals surface area contributed by atoms with Crippen LogP contribution in [0.5, 0.6) is 0 Å². The van der Waals surface area contributed by atoms with Crippen LogP contribution in [0.4, 0.5) is 0 Å². The summed E-state index contributed by atoms with van der Waals surface area (Å²) < 4.78 is 0.785. The SMILES string of the molecule is S=c1ccc([C@@H]2CNCCN2)c[nH]1. The molecule has 0 aromatic carbocycles. The van der Waals surface area contributed by atoms with Crippen LogP contribution in [-0.4, -0.2) is 24.6 Å². The molecule has 4 heteroatoms. The average Bonchev–Trinajstić information content (AvgIpc) is 2.20. The van der Waals surface area contributed by atoms with Crippen LogP contribution in [0.25, 0.3) is 0 Å². The van der Waals surface area contributed by atoms with E-state index in [1.54, 1.807) is 0 Å². The lowest BCUT2D eigenvalue weighted by Gasteiger charge is -2.24. The predicted octanol–water partition coefficient (Wildman–Crippen LogP) is 0.978. The third kappa shape index (κ3) is 2.15. The second kappa shape index (κ2) is 4.00. The number of hydrogen-bond acceptors (Lipinski definition) is 3. The Morgan fingerprint density at radius 3 is 2.85 bits per heavy atom. The number of aromatic nitrogens is 1. The molecule has 13 heavy (non-hydrogen) atoms. The van der Waals surface area contributed by atoms with Crippen LogP contribution < -0.4 is 10.6 Å². The van der Waals surface area contributed by atoms with Gasteiger partial charge in [0.2, 0.25) is 0 Å². The maximum atomic E-state index is 4.98. The number of aromatic amines is 1. The smallest absolute Gasteiger partial charge is 0.103 e. The van der Waals surface area contributed by atoms with Crippen LogP contribution in [0.1, 0.15) is 11.6 Å².